The third kappa shape index (κ3) is 6.08. The van der Waals surface area contributed by atoms with Crippen LogP contribution in [-0.4, -0.2) is 44.5 Å². The Bertz CT molecular complexity index is 1590. The fourth-order valence-electron chi connectivity index (χ4n) is 3.28. The van der Waals surface area contributed by atoms with Crippen LogP contribution in [0.3, 0.4) is 0 Å². The molecule has 1 aromatic heterocycles. The molecule has 0 radical (unpaired) electrons. The smallest absolute Gasteiger partial charge is 0.263 e. The quantitative estimate of drug-likeness (QED) is 0.245. The summed E-state index contributed by atoms with van der Waals surface area (Å²) in [5.74, 6) is 0.216. The Labute approximate surface area is 220 Å². The summed E-state index contributed by atoms with van der Waals surface area (Å²) in [5.41, 5.74) is 1.74. The van der Waals surface area contributed by atoms with Crippen LogP contribution in [0.1, 0.15) is 8.29 Å². The topological polar surface area (TPSA) is 134 Å². The molecule has 1 atom stereocenters. The lowest BCUT2D eigenvalue weighted by atomic mass is 10.3. The van der Waals surface area contributed by atoms with Crippen LogP contribution in [0.4, 0.5) is 23.0 Å². The van der Waals surface area contributed by atoms with Gasteiger partial charge in [-0.25, -0.2) is 18.4 Å². The number of nitrogens with one attached hydrogen (secondary N) is 4. The predicted molar refractivity (Wildman–Crippen MR) is 145 cm³/mol. The second kappa shape index (κ2) is 11.0. The zero-order valence-electron chi connectivity index (χ0n) is 20.9. The highest BCUT2D eigenvalue weighted by Gasteiger charge is 2.21. The van der Waals surface area contributed by atoms with E-state index >= 15 is 0 Å². The zero-order valence-corrected chi connectivity index (χ0v) is 21.5. The molecule has 0 aliphatic heterocycles. The number of halogens is 1. The number of hydrogen-bond donors (Lipinski definition) is 4. The Morgan fingerprint density at radius 3 is 2.46 bits per heavy atom. The average Bonchev–Trinajstić information content (AvgIpc) is 2.90. The summed E-state index contributed by atoms with van der Waals surface area (Å²) in [5, 5.41) is 8.74. The van der Waals surface area contributed by atoms with Crippen LogP contribution in [0.25, 0.3) is 11.0 Å². The Morgan fingerprint density at radius 1 is 1.03 bits per heavy atom. The largest absolute Gasteiger partial charge is 0.497 e. The molecule has 0 spiro atoms. The van der Waals surface area contributed by atoms with Crippen molar-refractivity contribution in [2.45, 2.75) is 17.9 Å². The number of amides is 1. The number of benzene rings is 3. The van der Waals surface area contributed by atoms with E-state index in [-0.39, 0.29) is 29.2 Å². The third-order valence-corrected chi connectivity index (χ3v) is 7.01. The highest BCUT2D eigenvalue weighted by Crippen LogP contribution is 2.33. The number of hydrogen-bond acceptors (Lipinski definition) is 8. The van der Waals surface area contributed by atoms with Crippen LogP contribution in [0, 0.1) is 0 Å². The van der Waals surface area contributed by atoms with Crippen molar-refractivity contribution in [3.05, 3.63) is 71.8 Å². The van der Waals surface area contributed by atoms with Gasteiger partial charge in [-0.15, -0.1) is 0 Å². The summed E-state index contributed by atoms with van der Waals surface area (Å²) in [7, 11) is -2.76. The molecule has 0 aliphatic carbocycles. The van der Waals surface area contributed by atoms with Gasteiger partial charge in [-0.05, 0) is 56.4 Å². The number of carbonyl (C=O) groups is 1. The van der Waals surface area contributed by atoms with Crippen molar-refractivity contribution in [3.8, 4) is 5.75 Å². The first-order chi connectivity index (χ1) is 18.2. The molecule has 0 aliphatic rings. The van der Waals surface area contributed by atoms with E-state index < -0.39 is 22.0 Å². The Balaban J connectivity index is 1.68. The molecule has 10 nitrogen and oxygen atoms in total. The van der Waals surface area contributed by atoms with E-state index in [4.69, 9.17) is 17.7 Å². The highest BCUT2D eigenvalue weighted by atomic mass is 35.5. The molecule has 4 rings (SSSR count). The molecule has 0 saturated heterocycles. The van der Waals surface area contributed by atoms with Crippen LogP contribution < -0.4 is 25.4 Å². The number of rotatable bonds is 9. The van der Waals surface area contributed by atoms with Crippen LogP contribution in [0.2, 0.25) is 5.02 Å². The van der Waals surface area contributed by atoms with E-state index in [0.29, 0.717) is 27.5 Å². The standard InChI is InChI=1S/C25H25ClN6O4S/c1-15(27-2)25(33)28-16-7-6-8-18(13-16)37(34,35)32-24-23(29-20-9-4-5-10-21(20)30-24)31-22-14-17(36-3)11-12-19(22)26/h4-15,27H,1-3H3,(H,28,33)(H,29,31)(H,30,32)/t15-/m0/s1/i2D. The van der Waals surface area contributed by atoms with E-state index in [0.717, 1.165) is 0 Å². The molecule has 4 N–H and O–H groups in total. The molecule has 0 unspecified atom stereocenters. The molecule has 0 fully saturated rings. The summed E-state index contributed by atoms with van der Waals surface area (Å²) in [6, 6.07) is 17.2. The van der Waals surface area contributed by atoms with E-state index in [1.165, 1.54) is 25.3 Å². The maximum absolute atomic E-state index is 13.4. The van der Waals surface area contributed by atoms with E-state index in [9.17, 15) is 13.2 Å². The maximum Gasteiger partial charge on any atom is 0.263 e. The van der Waals surface area contributed by atoms with Crippen molar-refractivity contribution >= 4 is 61.6 Å². The first-order valence-corrected chi connectivity index (χ1v) is 12.9. The van der Waals surface area contributed by atoms with Gasteiger partial charge < -0.3 is 20.7 Å². The molecular weight excluding hydrogens is 516 g/mol. The summed E-state index contributed by atoms with van der Waals surface area (Å²) in [4.78, 5) is 21.2. The molecule has 1 amide bonds. The minimum atomic E-state index is -4.16. The summed E-state index contributed by atoms with van der Waals surface area (Å²) >= 11 is 6.35. The van der Waals surface area contributed by atoms with Gasteiger partial charge in [0, 0.05) is 13.1 Å². The summed E-state index contributed by atoms with van der Waals surface area (Å²) < 4.78 is 41.7. The van der Waals surface area contributed by atoms with Crippen molar-refractivity contribution in [3.63, 3.8) is 0 Å². The van der Waals surface area contributed by atoms with Crippen LogP contribution in [0.5, 0.6) is 5.75 Å². The van der Waals surface area contributed by atoms with Crippen LogP contribution >= 0.6 is 11.6 Å². The Hall–Kier alpha value is -3.93. The molecule has 1 heterocycles. The summed E-state index contributed by atoms with van der Waals surface area (Å²) in [6.45, 7) is 1.60. The maximum atomic E-state index is 13.4. The number of sulfonamides is 1. The molecule has 0 bridgehead atoms. The minimum Gasteiger partial charge on any atom is -0.497 e. The van der Waals surface area contributed by atoms with Gasteiger partial charge in [0.15, 0.2) is 11.6 Å². The fraction of sp³-hybridized carbons (Fsp3) is 0.160. The van der Waals surface area contributed by atoms with Gasteiger partial charge in [0.25, 0.3) is 10.0 Å². The van der Waals surface area contributed by atoms with Gasteiger partial charge in [-0.2, -0.15) is 0 Å². The lowest BCUT2D eigenvalue weighted by Crippen LogP contribution is -2.35. The Morgan fingerprint density at radius 2 is 1.76 bits per heavy atom. The second-order valence-corrected chi connectivity index (χ2v) is 10.0. The van der Waals surface area contributed by atoms with Crippen molar-refractivity contribution in [2.75, 3.05) is 29.5 Å². The number of anilines is 4. The van der Waals surface area contributed by atoms with E-state index in [1.807, 2.05) is 0 Å². The van der Waals surface area contributed by atoms with Crippen molar-refractivity contribution in [1.82, 2.24) is 15.3 Å². The minimum absolute atomic E-state index is 0.0507. The van der Waals surface area contributed by atoms with Gasteiger partial charge in [0.1, 0.15) is 5.75 Å². The molecule has 3 aromatic carbocycles. The van der Waals surface area contributed by atoms with E-state index in [1.54, 1.807) is 55.5 Å². The molecule has 192 valence electrons. The number of ether oxygens (including phenoxy) is 1. The molecule has 4 aromatic rings. The first-order valence-electron chi connectivity index (χ1n) is 11.7. The second-order valence-electron chi connectivity index (χ2n) is 7.93. The molecule has 0 saturated carbocycles. The number of likely N-dealkylation sites (N-methyl/N-ethyl adjacent to an activating group) is 1. The monoisotopic (exact) mass is 541 g/mol. The summed E-state index contributed by atoms with van der Waals surface area (Å²) in [6.07, 6.45) is 0. The number of nitrogens with zero attached hydrogens (tertiary/aromatic N) is 2. The first kappa shape index (κ1) is 24.8. The highest BCUT2D eigenvalue weighted by molar-refractivity contribution is 7.92. The van der Waals surface area contributed by atoms with Crippen LogP contribution in [0.15, 0.2) is 71.6 Å². The van der Waals surface area contributed by atoms with Crippen molar-refractivity contribution in [1.29, 1.82) is 0 Å². The number of aromatic nitrogens is 2. The normalized spacial score (nSPS) is 12.5. The molecule has 37 heavy (non-hydrogen) atoms. The molecule has 12 heteroatoms. The average molecular weight is 542 g/mol. The SMILES string of the molecule is [2H]CN[C@@H](C)C(=O)Nc1cccc(S(=O)(=O)Nc2nc3ccccc3nc2Nc2cc(OC)ccc2Cl)c1. The Kier molecular flexibility index (Phi) is 7.35. The van der Waals surface area contributed by atoms with Gasteiger partial charge in [-0.3, -0.25) is 9.52 Å². The number of methoxy groups -OCH3 is 1. The lowest BCUT2D eigenvalue weighted by molar-refractivity contribution is -0.117. The lowest BCUT2D eigenvalue weighted by Gasteiger charge is -2.16. The fourth-order valence-corrected chi connectivity index (χ4v) is 4.50. The predicted octanol–water partition coefficient (Wildman–Crippen LogP) is 4.38. The van der Waals surface area contributed by atoms with Gasteiger partial charge in [0.05, 0.1) is 39.8 Å². The van der Waals surface area contributed by atoms with Crippen molar-refractivity contribution < 1.29 is 19.3 Å². The van der Waals surface area contributed by atoms with Gasteiger partial charge in [0.2, 0.25) is 5.91 Å². The van der Waals surface area contributed by atoms with Gasteiger partial charge >= 0.3 is 0 Å². The number of carbonyl (C=O) groups excluding carboxylic acids is 1. The number of fused-ring (bicyclic) bond motifs is 1. The van der Waals surface area contributed by atoms with Gasteiger partial charge in [-0.1, -0.05) is 29.8 Å². The van der Waals surface area contributed by atoms with E-state index in [2.05, 4.69) is 30.6 Å². The van der Waals surface area contributed by atoms with Crippen LogP contribution in [-0.2, 0) is 14.8 Å². The van der Waals surface area contributed by atoms with Crippen molar-refractivity contribution in [2.24, 2.45) is 0 Å². The third-order valence-electron chi connectivity index (χ3n) is 5.34. The zero-order chi connectivity index (χ0) is 27.3. The molecular formula is C25H25ClN6O4S. The number of para-hydroxylation sites is 2.